The quantitative estimate of drug-likeness (QED) is 0.886. The Morgan fingerprint density at radius 1 is 1.30 bits per heavy atom. The van der Waals surface area contributed by atoms with Gasteiger partial charge in [-0.2, -0.15) is 5.10 Å². The van der Waals surface area contributed by atoms with E-state index in [9.17, 15) is 5.11 Å². The fourth-order valence-electron chi connectivity index (χ4n) is 2.46. The van der Waals surface area contributed by atoms with Crippen LogP contribution in [0.3, 0.4) is 0 Å². The molecule has 108 valence electrons. The average molecular weight is 293 g/mol. The predicted octanol–water partition coefficient (Wildman–Crippen LogP) is 3.44. The summed E-state index contributed by atoms with van der Waals surface area (Å²) in [6.07, 6.45) is 1.68. The molecule has 3 nitrogen and oxygen atoms in total. The van der Waals surface area contributed by atoms with E-state index >= 15 is 0 Å². The highest BCUT2D eigenvalue weighted by atomic mass is 35.5. The molecule has 0 aliphatic heterocycles. The van der Waals surface area contributed by atoms with Crippen LogP contribution in [0.4, 0.5) is 0 Å². The maximum Gasteiger partial charge on any atom is 0.0624 e. The molecule has 4 heteroatoms. The van der Waals surface area contributed by atoms with E-state index in [2.05, 4.69) is 25.0 Å². The van der Waals surface area contributed by atoms with Crippen molar-refractivity contribution in [2.75, 3.05) is 6.61 Å². The molecule has 1 aromatic heterocycles. The van der Waals surface area contributed by atoms with E-state index in [1.807, 2.05) is 28.9 Å². The third-order valence-corrected chi connectivity index (χ3v) is 3.94. The molecular formula is C16H21ClN2O. The summed E-state index contributed by atoms with van der Waals surface area (Å²) >= 11 is 6.24. The van der Waals surface area contributed by atoms with Crippen molar-refractivity contribution in [1.82, 2.24) is 9.78 Å². The Morgan fingerprint density at radius 2 is 2.05 bits per heavy atom. The Morgan fingerprint density at radius 3 is 2.65 bits per heavy atom. The Hall–Kier alpha value is -1.32. The normalized spacial score (nSPS) is 12.6. The summed E-state index contributed by atoms with van der Waals surface area (Å²) in [4.78, 5) is 0. The number of halogens is 1. The van der Waals surface area contributed by atoms with Crippen molar-refractivity contribution in [3.63, 3.8) is 0 Å². The molecule has 0 radical (unpaired) electrons. The lowest BCUT2D eigenvalue weighted by Gasteiger charge is -2.16. The van der Waals surface area contributed by atoms with Crippen LogP contribution in [0, 0.1) is 0 Å². The SMILES string of the molecule is CCc1cc(CC(CO)c2ccccc2Cl)n(CC)n1. The lowest BCUT2D eigenvalue weighted by molar-refractivity contribution is 0.262. The molecule has 2 aromatic rings. The highest BCUT2D eigenvalue weighted by molar-refractivity contribution is 6.31. The molecule has 0 aliphatic rings. The molecule has 1 atom stereocenters. The summed E-state index contributed by atoms with van der Waals surface area (Å²) in [5, 5.41) is 15.0. The lowest BCUT2D eigenvalue weighted by atomic mass is 9.94. The van der Waals surface area contributed by atoms with Gasteiger partial charge in [-0.05, 0) is 37.5 Å². The first kappa shape index (κ1) is 15.1. The van der Waals surface area contributed by atoms with Crippen molar-refractivity contribution in [2.24, 2.45) is 0 Å². The van der Waals surface area contributed by atoms with Crippen LogP contribution >= 0.6 is 11.6 Å². The summed E-state index contributed by atoms with van der Waals surface area (Å²) in [5.74, 6) is 0.00964. The number of aliphatic hydroxyl groups is 1. The summed E-state index contributed by atoms with van der Waals surface area (Å²) in [7, 11) is 0. The zero-order valence-electron chi connectivity index (χ0n) is 12.0. The van der Waals surface area contributed by atoms with E-state index < -0.39 is 0 Å². The van der Waals surface area contributed by atoms with E-state index in [1.54, 1.807) is 0 Å². The first-order valence-electron chi connectivity index (χ1n) is 7.10. The first-order chi connectivity index (χ1) is 9.69. The fourth-order valence-corrected chi connectivity index (χ4v) is 2.75. The van der Waals surface area contributed by atoms with Crippen molar-refractivity contribution in [3.8, 4) is 0 Å². The third-order valence-electron chi connectivity index (χ3n) is 3.60. The average Bonchev–Trinajstić information content (AvgIpc) is 2.88. The minimum absolute atomic E-state index is 0.00964. The molecule has 1 aromatic carbocycles. The van der Waals surface area contributed by atoms with Crippen molar-refractivity contribution in [1.29, 1.82) is 0 Å². The summed E-state index contributed by atoms with van der Waals surface area (Å²) in [6, 6.07) is 9.85. The van der Waals surface area contributed by atoms with Crippen LogP contribution in [0.15, 0.2) is 30.3 Å². The fraction of sp³-hybridized carbons (Fsp3) is 0.438. The Kier molecular flexibility index (Phi) is 5.21. The van der Waals surface area contributed by atoms with E-state index in [1.165, 1.54) is 0 Å². The van der Waals surface area contributed by atoms with Crippen LogP contribution in [0.5, 0.6) is 0 Å². The van der Waals surface area contributed by atoms with Crippen LogP contribution in [-0.4, -0.2) is 21.5 Å². The number of aliphatic hydroxyl groups excluding tert-OH is 1. The number of aromatic nitrogens is 2. The maximum absolute atomic E-state index is 9.70. The number of hydrogen-bond donors (Lipinski definition) is 1. The number of benzene rings is 1. The molecule has 1 unspecified atom stereocenters. The molecule has 0 amide bonds. The molecule has 20 heavy (non-hydrogen) atoms. The van der Waals surface area contributed by atoms with E-state index in [4.69, 9.17) is 11.6 Å². The van der Waals surface area contributed by atoms with Crippen LogP contribution in [0.2, 0.25) is 5.02 Å². The van der Waals surface area contributed by atoms with Gasteiger partial charge >= 0.3 is 0 Å². The maximum atomic E-state index is 9.70. The molecular weight excluding hydrogens is 272 g/mol. The zero-order valence-corrected chi connectivity index (χ0v) is 12.8. The topological polar surface area (TPSA) is 38.0 Å². The molecule has 0 spiro atoms. The van der Waals surface area contributed by atoms with Crippen LogP contribution in [0.25, 0.3) is 0 Å². The van der Waals surface area contributed by atoms with E-state index in [-0.39, 0.29) is 12.5 Å². The van der Waals surface area contributed by atoms with Gasteiger partial charge in [0.05, 0.1) is 12.3 Å². The van der Waals surface area contributed by atoms with Gasteiger partial charge in [-0.25, -0.2) is 0 Å². The van der Waals surface area contributed by atoms with Gasteiger partial charge in [0.2, 0.25) is 0 Å². The largest absolute Gasteiger partial charge is 0.396 e. The van der Waals surface area contributed by atoms with Crippen molar-refractivity contribution in [3.05, 3.63) is 52.3 Å². The zero-order chi connectivity index (χ0) is 14.5. The van der Waals surface area contributed by atoms with Crippen LogP contribution in [-0.2, 0) is 19.4 Å². The van der Waals surface area contributed by atoms with Crippen LogP contribution in [0.1, 0.15) is 36.7 Å². The highest BCUT2D eigenvalue weighted by Gasteiger charge is 2.17. The molecule has 1 heterocycles. The minimum atomic E-state index is 0.00964. The Bertz CT molecular complexity index is 565. The highest BCUT2D eigenvalue weighted by Crippen LogP contribution is 2.27. The number of hydrogen-bond acceptors (Lipinski definition) is 2. The van der Waals surface area contributed by atoms with Gasteiger partial charge in [-0.15, -0.1) is 0 Å². The molecule has 0 saturated carbocycles. The number of aryl methyl sites for hydroxylation is 2. The summed E-state index contributed by atoms with van der Waals surface area (Å²) in [6.45, 7) is 5.11. The van der Waals surface area contributed by atoms with Crippen molar-refractivity contribution >= 4 is 11.6 Å². The van der Waals surface area contributed by atoms with Gasteiger partial charge in [0.15, 0.2) is 0 Å². The van der Waals surface area contributed by atoms with Gasteiger partial charge in [0.1, 0.15) is 0 Å². The lowest BCUT2D eigenvalue weighted by Crippen LogP contribution is -2.12. The number of rotatable bonds is 6. The molecule has 1 N–H and O–H groups in total. The second-order valence-electron chi connectivity index (χ2n) is 4.90. The van der Waals surface area contributed by atoms with E-state index in [0.717, 1.165) is 36.3 Å². The van der Waals surface area contributed by atoms with Gasteiger partial charge in [0, 0.05) is 23.2 Å². The second kappa shape index (κ2) is 6.91. The summed E-state index contributed by atoms with van der Waals surface area (Å²) < 4.78 is 2.01. The van der Waals surface area contributed by atoms with Gasteiger partial charge < -0.3 is 5.11 Å². The summed E-state index contributed by atoms with van der Waals surface area (Å²) in [5.41, 5.74) is 3.25. The molecule has 0 aliphatic carbocycles. The second-order valence-corrected chi connectivity index (χ2v) is 5.31. The van der Waals surface area contributed by atoms with Gasteiger partial charge in [-0.1, -0.05) is 36.7 Å². The monoisotopic (exact) mass is 292 g/mol. The minimum Gasteiger partial charge on any atom is -0.396 e. The third kappa shape index (κ3) is 3.22. The smallest absolute Gasteiger partial charge is 0.0624 e. The molecule has 2 rings (SSSR count). The van der Waals surface area contributed by atoms with Crippen molar-refractivity contribution in [2.45, 2.75) is 39.2 Å². The first-order valence-corrected chi connectivity index (χ1v) is 7.48. The standard InChI is InChI=1S/C16H21ClN2O/c1-3-13-10-14(19(4-2)18-13)9-12(11-20)15-7-5-6-8-16(15)17/h5-8,10,12,20H,3-4,9,11H2,1-2H3. The predicted molar refractivity (Wildman–Crippen MR) is 82.3 cm³/mol. The molecule has 0 fully saturated rings. The van der Waals surface area contributed by atoms with Crippen molar-refractivity contribution < 1.29 is 5.11 Å². The Labute approximate surface area is 125 Å². The van der Waals surface area contributed by atoms with Crippen LogP contribution < -0.4 is 0 Å². The molecule has 0 bridgehead atoms. The number of nitrogens with zero attached hydrogens (tertiary/aromatic N) is 2. The molecule has 0 saturated heterocycles. The van der Waals surface area contributed by atoms with Gasteiger partial charge in [0.25, 0.3) is 0 Å². The van der Waals surface area contributed by atoms with Gasteiger partial charge in [-0.3, -0.25) is 4.68 Å². The van der Waals surface area contributed by atoms with E-state index in [0.29, 0.717) is 5.02 Å². The Balaban J connectivity index is 2.26.